The van der Waals surface area contributed by atoms with Gasteiger partial charge in [0.15, 0.2) is 6.29 Å². The van der Waals surface area contributed by atoms with Crippen LogP contribution in [0.3, 0.4) is 0 Å². The fourth-order valence-electron chi connectivity index (χ4n) is 0.891. The molecule has 0 saturated heterocycles. The molecule has 0 saturated carbocycles. The molecule has 0 atom stereocenters. The van der Waals surface area contributed by atoms with E-state index in [1.54, 1.807) is 0 Å². The maximum Gasteiger partial charge on any atom is 0.269 e. The quantitative estimate of drug-likeness (QED) is 0.671. The normalized spacial score (nSPS) is 10.4. The number of halogens is 2. The number of H-pyrrole nitrogens is 1. The topological polar surface area (TPSA) is 76.0 Å². The van der Waals surface area contributed by atoms with Crippen LogP contribution in [0.25, 0.3) is 0 Å². The lowest BCUT2D eigenvalue weighted by Gasteiger charge is -2.02. The highest BCUT2D eigenvalue weighted by Crippen LogP contribution is 2.17. The van der Waals surface area contributed by atoms with E-state index in [1.165, 1.54) is 0 Å². The molecule has 0 aliphatic carbocycles. The predicted octanol–water partition coefficient (Wildman–Crippen LogP) is 0.707. The van der Waals surface area contributed by atoms with E-state index >= 15 is 0 Å². The molecule has 13 heavy (non-hydrogen) atoms. The Balaban J connectivity index is 3.50. The van der Waals surface area contributed by atoms with Crippen LogP contribution < -0.4 is 11.2 Å². The Bertz CT molecular complexity index is 387. The predicted molar refractivity (Wildman–Crippen MR) is 41.8 cm³/mol. The number of carbonyl (C=O) groups is 1. The number of aldehydes is 1. The number of nitrogens with one attached hydrogen (secondary N) is 1. The fraction of sp³-hybridized carbons (Fsp3) is 0.143. The number of hydrogen-bond acceptors (Lipinski definition) is 3. The summed E-state index contributed by atoms with van der Waals surface area (Å²) in [4.78, 5) is 23.5. The van der Waals surface area contributed by atoms with Crippen LogP contribution in [-0.4, -0.2) is 11.3 Å². The van der Waals surface area contributed by atoms with Gasteiger partial charge >= 0.3 is 0 Å². The van der Waals surface area contributed by atoms with Crippen LogP contribution in [0, 0.1) is 0 Å². The van der Waals surface area contributed by atoms with Gasteiger partial charge in [0.2, 0.25) is 5.43 Å². The molecule has 4 nitrogen and oxygen atoms in total. The van der Waals surface area contributed by atoms with Gasteiger partial charge in [0.25, 0.3) is 6.43 Å². The van der Waals surface area contributed by atoms with E-state index in [4.69, 9.17) is 5.73 Å². The van der Waals surface area contributed by atoms with Crippen molar-refractivity contribution in [2.75, 3.05) is 5.73 Å². The molecule has 3 N–H and O–H groups in total. The first kappa shape index (κ1) is 9.37. The number of carbonyl (C=O) groups excluding carboxylic acids is 1. The van der Waals surface area contributed by atoms with Crippen molar-refractivity contribution in [3.63, 3.8) is 0 Å². The van der Waals surface area contributed by atoms with Crippen molar-refractivity contribution in [3.05, 3.63) is 27.7 Å². The molecule has 0 aliphatic heterocycles. The molecule has 0 aromatic carbocycles. The minimum Gasteiger partial charge on any atom is -0.394 e. The van der Waals surface area contributed by atoms with Crippen molar-refractivity contribution in [1.82, 2.24) is 4.98 Å². The molecular weight excluding hydrogens is 182 g/mol. The summed E-state index contributed by atoms with van der Waals surface area (Å²) >= 11 is 0. The third-order valence-electron chi connectivity index (χ3n) is 1.52. The summed E-state index contributed by atoms with van der Waals surface area (Å²) in [6, 6.07) is 0. The summed E-state index contributed by atoms with van der Waals surface area (Å²) in [5.74, 6) is 0. The lowest BCUT2D eigenvalue weighted by molar-refractivity contribution is 0.110. The number of alkyl halides is 2. The van der Waals surface area contributed by atoms with Crippen molar-refractivity contribution >= 4 is 12.0 Å². The van der Waals surface area contributed by atoms with E-state index in [0.717, 1.165) is 6.20 Å². The molecule has 0 radical (unpaired) electrons. The summed E-state index contributed by atoms with van der Waals surface area (Å²) in [7, 11) is 0. The Morgan fingerprint density at radius 2 is 2.15 bits per heavy atom. The zero-order chi connectivity index (χ0) is 10.0. The number of nitrogen functional groups attached to an aromatic ring is 1. The average Bonchev–Trinajstić information content (AvgIpc) is 2.08. The Morgan fingerprint density at radius 1 is 1.54 bits per heavy atom. The van der Waals surface area contributed by atoms with Gasteiger partial charge in [0, 0.05) is 6.20 Å². The minimum atomic E-state index is -3.01. The van der Waals surface area contributed by atoms with E-state index in [2.05, 4.69) is 4.98 Å². The average molecular weight is 188 g/mol. The third kappa shape index (κ3) is 1.56. The first-order valence-electron chi connectivity index (χ1n) is 3.32. The molecule has 1 aromatic heterocycles. The number of rotatable bonds is 2. The summed E-state index contributed by atoms with van der Waals surface area (Å²) in [6.45, 7) is 0. The van der Waals surface area contributed by atoms with Gasteiger partial charge in [-0.25, -0.2) is 8.78 Å². The fourth-order valence-corrected chi connectivity index (χ4v) is 0.891. The zero-order valence-corrected chi connectivity index (χ0v) is 6.38. The number of aromatic amines is 1. The van der Waals surface area contributed by atoms with Crippen LogP contribution in [0.15, 0.2) is 11.0 Å². The standard InChI is InChI=1S/C7H6F2N2O2/c8-7(9)5-4(2-12)11-1-3(10)6(5)13/h1-2,7H,10H2,(H,11,13). The summed E-state index contributed by atoms with van der Waals surface area (Å²) in [6.07, 6.45) is -1.84. The smallest absolute Gasteiger partial charge is 0.269 e. The molecule has 1 aromatic rings. The Hall–Kier alpha value is -1.72. The largest absolute Gasteiger partial charge is 0.394 e. The maximum atomic E-state index is 12.2. The van der Waals surface area contributed by atoms with Gasteiger partial charge in [0.05, 0.1) is 16.9 Å². The Morgan fingerprint density at radius 3 is 2.62 bits per heavy atom. The second-order valence-corrected chi connectivity index (χ2v) is 2.32. The molecule has 1 rings (SSSR count). The van der Waals surface area contributed by atoms with Crippen LogP contribution in [0.5, 0.6) is 0 Å². The third-order valence-corrected chi connectivity index (χ3v) is 1.52. The molecular formula is C7H6F2N2O2. The first-order chi connectivity index (χ1) is 6.07. The van der Waals surface area contributed by atoms with Crippen molar-refractivity contribution in [2.24, 2.45) is 0 Å². The highest BCUT2D eigenvalue weighted by Gasteiger charge is 2.18. The lowest BCUT2D eigenvalue weighted by atomic mass is 10.2. The van der Waals surface area contributed by atoms with E-state index in [-0.39, 0.29) is 12.0 Å². The van der Waals surface area contributed by atoms with E-state index < -0.39 is 23.1 Å². The Kier molecular flexibility index (Phi) is 2.41. The molecule has 0 unspecified atom stereocenters. The SMILES string of the molecule is Nc1c[nH]c(C=O)c(C(F)F)c1=O. The summed E-state index contributed by atoms with van der Waals surface area (Å²) < 4.78 is 24.4. The number of pyridine rings is 1. The number of nitrogens with two attached hydrogens (primary N) is 1. The van der Waals surface area contributed by atoms with Crippen molar-refractivity contribution in [3.8, 4) is 0 Å². The molecule has 0 aliphatic rings. The van der Waals surface area contributed by atoms with Crippen molar-refractivity contribution in [2.45, 2.75) is 6.43 Å². The van der Waals surface area contributed by atoms with Gasteiger partial charge in [-0.05, 0) is 0 Å². The molecule has 1 heterocycles. The highest BCUT2D eigenvalue weighted by atomic mass is 19.3. The second kappa shape index (κ2) is 3.34. The van der Waals surface area contributed by atoms with Crippen LogP contribution >= 0.6 is 0 Å². The number of aromatic nitrogens is 1. The van der Waals surface area contributed by atoms with Gasteiger partial charge in [0.1, 0.15) is 0 Å². The maximum absolute atomic E-state index is 12.2. The monoisotopic (exact) mass is 188 g/mol. The molecule has 70 valence electrons. The van der Waals surface area contributed by atoms with Gasteiger partial charge < -0.3 is 10.7 Å². The highest BCUT2D eigenvalue weighted by molar-refractivity contribution is 5.75. The van der Waals surface area contributed by atoms with Gasteiger partial charge in [-0.3, -0.25) is 9.59 Å². The second-order valence-electron chi connectivity index (χ2n) is 2.32. The van der Waals surface area contributed by atoms with E-state index in [0.29, 0.717) is 0 Å². The first-order valence-corrected chi connectivity index (χ1v) is 3.32. The number of hydrogen-bond donors (Lipinski definition) is 2. The zero-order valence-electron chi connectivity index (χ0n) is 6.38. The summed E-state index contributed by atoms with van der Waals surface area (Å²) in [5.41, 5.74) is 2.44. The van der Waals surface area contributed by atoms with Crippen LogP contribution in [-0.2, 0) is 0 Å². The molecule has 0 amide bonds. The van der Waals surface area contributed by atoms with E-state index in [1.807, 2.05) is 0 Å². The minimum absolute atomic E-state index is 0.155. The van der Waals surface area contributed by atoms with Crippen LogP contribution in [0.2, 0.25) is 0 Å². The van der Waals surface area contributed by atoms with Gasteiger partial charge in [-0.2, -0.15) is 0 Å². The molecule has 0 bridgehead atoms. The van der Waals surface area contributed by atoms with Crippen LogP contribution in [0.4, 0.5) is 14.5 Å². The molecule has 6 heteroatoms. The van der Waals surface area contributed by atoms with E-state index in [9.17, 15) is 18.4 Å². The summed E-state index contributed by atoms with van der Waals surface area (Å²) in [5, 5.41) is 0. The van der Waals surface area contributed by atoms with Crippen molar-refractivity contribution in [1.29, 1.82) is 0 Å². The van der Waals surface area contributed by atoms with Crippen LogP contribution in [0.1, 0.15) is 22.5 Å². The Labute approximate surface area is 71.4 Å². The molecule has 0 fully saturated rings. The number of anilines is 1. The van der Waals surface area contributed by atoms with Crippen molar-refractivity contribution < 1.29 is 13.6 Å². The van der Waals surface area contributed by atoms with Gasteiger partial charge in [-0.1, -0.05) is 0 Å². The molecule has 0 spiro atoms. The lowest BCUT2D eigenvalue weighted by Crippen LogP contribution is -2.17. The van der Waals surface area contributed by atoms with Gasteiger partial charge in [-0.15, -0.1) is 0 Å².